The van der Waals surface area contributed by atoms with Crippen LogP contribution in [0.15, 0.2) is 65.5 Å². The van der Waals surface area contributed by atoms with Gasteiger partial charge in [0.05, 0.1) is 0 Å². The fourth-order valence-electron chi connectivity index (χ4n) is 4.08. The standard InChI is InChI=1S/C27H30N6O5/c1-17-27-33-22(16-38-27)26(37)32-21(15-18-7-3-2-4-8-18)24(35)29-12-6-5-9-20(25(36)30-17)31-23(34)19-10-13-28-14-11-19/h2-4,7-8,10-11,13-14,16-17,20-21H,5-6,9,12,15H2,1H3,(H,29,35)(H,30,36)(H,31,34)(H,32,37)/t17-,20-,21-/m0/s1. The molecule has 11 heteroatoms. The van der Waals surface area contributed by atoms with Gasteiger partial charge in [-0.05, 0) is 43.9 Å². The molecule has 0 fully saturated rings. The molecule has 4 rings (SSSR count). The molecule has 3 atom stereocenters. The van der Waals surface area contributed by atoms with Gasteiger partial charge in [-0.3, -0.25) is 24.2 Å². The molecule has 1 aliphatic rings. The zero-order valence-electron chi connectivity index (χ0n) is 21.0. The van der Waals surface area contributed by atoms with Gasteiger partial charge in [0.2, 0.25) is 17.7 Å². The lowest BCUT2D eigenvalue weighted by Gasteiger charge is -2.21. The number of benzene rings is 1. The Morgan fingerprint density at radius 3 is 2.55 bits per heavy atom. The van der Waals surface area contributed by atoms with Crippen LogP contribution in [0.1, 0.15) is 64.5 Å². The molecule has 198 valence electrons. The van der Waals surface area contributed by atoms with Crippen LogP contribution in [-0.2, 0) is 16.0 Å². The summed E-state index contributed by atoms with van der Waals surface area (Å²) in [5.74, 6) is -1.58. The van der Waals surface area contributed by atoms with Gasteiger partial charge in [0.25, 0.3) is 11.8 Å². The van der Waals surface area contributed by atoms with Gasteiger partial charge in [-0.2, -0.15) is 0 Å². The number of nitrogens with zero attached hydrogens (tertiary/aromatic N) is 2. The number of amides is 4. The summed E-state index contributed by atoms with van der Waals surface area (Å²) in [4.78, 5) is 59.8. The van der Waals surface area contributed by atoms with Gasteiger partial charge in [0, 0.05) is 30.9 Å². The van der Waals surface area contributed by atoms with Crippen LogP contribution in [-0.4, -0.2) is 52.2 Å². The summed E-state index contributed by atoms with van der Waals surface area (Å²) in [5, 5.41) is 11.2. The third-order valence-corrected chi connectivity index (χ3v) is 6.17. The fourth-order valence-corrected chi connectivity index (χ4v) is 4.08. The summed E-state index contributed by atoms with van der Waals surface area (Å²) < 4.78 is 5.46. The second kappa shape index (κ2) is 12.6. The van der Waals surface area contributed by atoms with Crippen molar-refractivity contribution in [3.8, 4) is 0 Å². The van der Waals surface area contributed by atoms with Crippen molar-refractivity contribution >= 4 is 23.6 Å². The van der Waals surface area contributed by atoms with E-state index < -0.39 is 35.8 Å². The summed E-state index contributed by atoms with van der Waals surface area (Å²) in [6, 6.07) is 10.2. The van der Waals surface area contributed by atoms with E-state index in [2.05, 4.69) is 31.2 Å². The highest BCUT2D eigenvalue weighted by molar-refractivity contribution is 5.97. The van der Waals surface area contributed by atoms with E-state index >= 15 is 0 Å². The Labute approximate surface area is 219 Å². The van der Waals surface area contributed by atoms with Crippen LogP contribution in [0.25, 0.3) is 0 Å². The Kier molecular flexibility index (Phi) is 8.81. The van der Waals surface area contributed by atoms with E-state index in [1.165, 1.54) is 18.7 Å². The van der Waals surface area contributed by atoms with E-state index in [1.807, 2.05) is 30.3 Å². The minimum absolute atomic E-state index is 0.0124. The molecule has 0 unspecified atom stereocenters. The molecule has 3 aromatic rings. The van der Waals surface area contributed by atoms with Crippen molar-refractivity contribution in [1.29, 1.82) is 0 Å². The first-order valence-corrected chi connectivity index (χ1v) is 12.5. The average molecular weight is 519 g/mol. The topological polar surface area (TPSA) is 155 Å². The van der Waals surface area contributed by atoms with Crippen molar-refractivity contribution in [1.82, 2.24) is 31.2 Å². The Morgan fingerprint density at radius 2 is 1.79 bits per heavy atom. The second-order valence-corrected chi connectivity index (χ2v) is 9.07. The predicted octanol–water partition coefficient (Wildman–Crippen LogP) is 1.69. The Morgan fingerprint density at radius 1 is 1.03 bits per heavy atom. The molecule has 0 aliphatic carbocycles. The second-order valence-electron chi connectivity index (χ2n) is 9.07. The molecule has 11 nitrogen and oxygen atoms in total. The van der Waals surface area contributed by atoms with Crippen LogP contribution in [0.2, 0.25) is 0 Å². The summed E-state index contributed by atoms with van der Waals surface area (Å²) in [6.45, 7) is 2.01. The highest BCUT2D eigenvalue weighted by atomic mass is 16.3. The van der Waals surface area contributed by atoms with E-state index in [9.17, 15) is 19.2 Å². The van der Waals surface area contributed by atoms with Gasteiger partial charge in [-0.25, -0.2) is 4.98 Å². The lowest BCUT2D eigenvalue weighted by Crippen LogP contribution is -2.49. The van der Waals surface area contributed by atoms with Gasteiger partial charge >= 0.3 is 0 Å². The van der Waals surface area contributed by atoms with E-state index in [4.69, 9.17) is 4.42 Å². The number of rotatable bonds is 4. The van der Waals surface area contributed by atoms with Gasteiger partial charge < -0.3 is 25.7 Å². The van der Waals surface area contributed by atoms with Gasteiger partial charge in [-0.15, -0.1) is 0 Å². The number of hydrogen-bond donors (Lipinski definition) is 4. The zero-order chi connectivity index (χ0) is 26.9. The maximum absolute atomic E-state index is 13.1. The predicted molar refractivity (Wildman–Crippen MR) is 137 cm³/mol. The van der Waals surface area contributed by atoms with Crippen molar-refractivity contribution in [3.05, 3.63) is 83.8 Å². The molecule has 2 bridgehead atoms. The zero-order valence-corrected chi connectivity index (χ0v) is 21.0. The van der Waals surface area contributed by atoms with Crippen molar-refractivity contribution in [3.63, 3.8) is 0 Å². The van der Waals surface area contributed by atoms with Crippen molar-refractivity contribution in [2.75, 3.05) is 6.54 Å². The molecule has 4 N–H and O–H groups in total. The highest BCUT2D eigenvalue weighted by Crippen LogP contribution is 2.14. The first kappa shape index (κ1) is 26.5. The highest BCUT2D eigenvalue weighted by Gasteiger charge is 2.27. The maximum atomic E-state index is 13.1. The molecule has 2 aromatic heterocycles. The maximum Gasteiger partial charge on any atom is 0.273 e. The monoisotopic (exact) mass is 518 g/mol. The molecule has 1 aromatic carbocycles. The Hall–Kier alpha value is -4.54. The SMILES string of the molecule is C[C@@H]1NC(=O)[C@@H](NC(=O)c2ccncc2)CCCCNC(=O)[C@H](Cc2ccccc2)NC(=O)c2coc1n2. The minimum atomic E-state index is -0.828. The van der Waals surface area contributed by atoms with E-state index in [-0.39, 0.29) is 17.5 Å². The third kappa shape index (κ3) is 7.02. The third-order valence-electron chi connectivity index (χ3n) is 6.17. The Balaban J connectivity index is 1.52. The number of oxazole rings is 1. The molecule has 0 saturated carbocycles. The van der Waals surface area contributed by atoms with Crippen LogP contribution >= 0.6 is 0 Å². The lowest BCUT2D eigenvalue weighted by molar-refractivity contribution is -0.124. The van der Waals surface area contributed by atoms with Gasteiger partial charge in [0.1, 0.15) is 24.4 Å². The number of pyridine rings is 1. The lowest BCUT2D eigenvalue weighted by atomic mass is 10.0. The van der Waals surface area contributed by atoms with Crippen LogP contribution in [0.3, 0.4) is 0 Å². The molecular weight excluding hydrogens is 488 g/mol. The number of aromatic nitrogens is 2. The minimum Gasteiger partial charge on any atom is -0.446 e. The molecule has 1 aliphatic heterocycles. The molecular formula is C27H30N6O5. The van der Waals surface area contributed by atoms with Gasteiger partial charge in [-0.1, -0.05) is 30.3 Å². The molecule has 0 spiro atoms. The van der Waals surface area contributed by atoms with E-state index in [0.29, 0.717) is 37.8 Å². The van der Waals surface area contributed by atoms with Crippen molar-refractivity contribution < 1.29 is 23.6 Å². The van der Waals surface area contributed by atoms with Crippen LogP contribution in [0.4, 0.5) is 0 Å². The average Bonchev–Trinajstić information content (AvgIpc) is 3.43. The van der Waals surface area contributed by atoms with E-state index in [0.717, 1.165) is 5.56 Å². The van der Waals surface area contributed by atoms with Crippen LogP contribution in [0.5, 0.6) is 0 Å². The Bertz CT molecular complexity index is 1260. The number of nitrogens with one attached hydrogen (secondary N) is 4. The molecule has 38 heavy (non-hydrogen) atoms. The van der Waals surface area contributed by atoms with Gasteiger partial charge in [0.15, 0.2) is 5.69 Å². The van der Waals surface area contributed by atoms with Crippen molar-refractivity contribution in [2.24, 2.45) is 0 Å². The number of carbonyl (C=O) groups excluding carboxylic acids is 4. The molecule has 0 saturated heterocycles. The molecule has 0 radical (unpaired) electrons. The number of hydrogen-bond acceptors (Lipinski definition) is 7. The smallest absolute Gasteiger partial charge is 0.273 e. The fraction of sp³-hybridized carbons (Fsp3) is 0.333. The van der Waals surface area contributed by atoms with Crippen LogP contribution < -0.4 is 21.3 Å². The van der Waals surface area contributed by atoms with Crippen molar-refractivity contribution in [2.45, 2.75) is 50.7 Å². The summed E-state index contributed by atoms with van der Waals surface area (Å²) in [7, 11) is 0. The molecule has 3 heterocycles. The quantitative estimate of drug-likeness (QED) is 0.410. The van der Waals surface area contributed by atoms with E-state index in [1.54, 1.807) is 19.1 Å². The first-order valence-electron chi connectivity index (χ1n) is 12.5. The summed E-state index contributed by atoms with van der Waals surface area (Å²) in [6.07, 6.45) is 5.97. The molecule has 4 amide bonds. The summed E-state index contributed by atoms with van der Waals surface area (Å²) >= 11 is 0. The number of carbonyl (C=O) groups is 4. The van der Waals surface area contributed by atoms with Crippen LogP contribution in [0, 0.1) is 0 Å². The number of fused-ring (bicyclic) bond motifs is 2. The summed E-state index contributed by atoms with van der Waals surface area (Å²) in [5.41, 5.74) is 1.27. The largest absolute Gasteiger partial charge is 0.446 e. The normalized spacial score (nSPS) is 21.1. The first-order chi connectivity index (χ1) is 18.4.